The zero-order valence-corrected chi connectivity index (χ0v) is 7.45. The summed E-state index contributed by atoms with van der Waals surface area (Å²) in [6.07, 6.45) is 4.52. The molecule has 1 rings (SSSR count). The summed E-state index contributed by atoms with van der Waals surface area (Å²) in [6.45, 7) is 3.03. The van der Waals surface area contributed by atoms with Crippen LogP contribution in [0.5, 0.6) is 0 Å². The van der Waals surface area contributed by atoms with Crippen LogP contribution in [0.4, 0.5) is 5.69 Å². The molecule has 0 radical (unpaired) electrons. The van der Waals surface area contributed by atoms with Gasteiger partial charge in [-0.15, -0.1) is 0 Å². The van der Waals surface area contributed by atoms with Gasteiger partial charge in [0, 0.05) is 0 Å². The minimum atomic E-state index is -0.0864. The predicted octanol–water partition coefficient (Wildman–Crippen LogP) is 0.0246. The van der Waals surface area contributed by atoms with Crippen molar-refractivity contribution in [2.45, 2.75) is 6.92 Å². The fourth-order valence-electron chi connectivity index (χ4n) is 0.807. The largest absolute Gasteiger partial charge is 0.322 e. The maximum absolute atomic E-state index is 11.1. The van der Waals surface area contributed by atoms with Crippen LogP contribution in [-0.2, 0) is 4.79 Å². The highest BCUT2D eigenvalue weighted by Gasteiger charge is 1.99. The standard InChI is InChI=1S/C8H12N4O/c1-2-9-5-8(13)12-7-3-10-6-11-4-7/h3-4,6,9H,2,5H2,1H3,(H,12,13). The van der Waals surface area contributed by atoms with Crippen LogP contribution < -0.4 is 10.6 Å². The van der Waals surface area contributed by atoms with E-state index in [2.05, 4.69) is 20.6 Å². The molecule has 2 N–H and O–H groups in total. The molecule has 0 aliphatic heterocycles. The van der Waals surface area contributed by atoms with E-state index in [1.165, 1.54) is 6.33 Å². The Bertz CT molecular complexity index is 262. The molecule has 0 spiro atoms. The van der Waals surface area contributed by atoms with Crippen molar-refractivity contribution >= 4 is 11.6 Å². The quantitative estimate of drug-likeness (QED) is 0.685. The highest BCUT2D eigenvalue weighted by Crippen LogP contribution is 1.98. The highest BCUT2D eigenvalue weighted by molar-refractivity contribution is 5.91. The fraction of sp³-hybridized carbons (Fsp3) is 0.375. The number of rotatable bonds is 4. The second-order valence-electron chi connectivity index (χ2n) is 2.46. The Morgan fingerprint density at radius 3 is 2.77 bits per heavy atom. The zero-order chi connectivity index (χ0) is 9.52. The van der Waals surface area contributed by atoms with Crippen molar-refractivity contribution in [2.24, 2.45) is 0 Å². The minimum absolute atomic E-state index is 0.0864. The van der Waals surface area contributed by atoms with Crippen molar-refractivity contribution in [3.8, 4) is 0 Å². The SMILES string of the molecule is CCNCC(=O)Nc1cncnc1. The van der Waals surface area contributed by atoms with Gasteiger partial charge in [0.05, 0.1) is 24.6 Å². The average Bonchev–Trinajstić information content (AvgIpc) is 2.16. The summed E-state index contributed by atoms with van der Waals surface area (Å²) in [5.41, 5.74) is 0.616. The summed E-state index contributed by atoms with van der Waals surface area (Å²) < 4.78 is 0. The first-order valence-electron chi connectivity index (χ1n) is 4.08. The summed E-state index contributed by atoms with van der Waals surface area (Å²) in [5.74, 6) is -0.0864. The highest BCUT2D eigenvalue weighted by atomic mass is 16.1. The second-order valence-corrected chi connectivity index (χ2v) is 2.46. The molecule has 5 heteroatoms. The lowest BCUT2D eigenvalue weighted by atomic mass is 10.5. The first kappa shape index (κ1) is 9.60. The Morgan fingerprint density at radius 2 is 2.15 bits per heavy atom. The van der Waals surface area contributed by atoms with Crippen molar-refractivity contribution in [3.63, 3.8) is 0 Å². The molecule has 1 aromatic rings. The van der Waals surface area contributed by atoms with Crippen LogP contribution in [0.1, 0.15) is 6.92 Å². The lowest BCUT2D eigenvalue weighted by molar-refractivity contribution is -0.115. The molecule has 70 valence electrons. The van der Waals surface area contributed by atoms with Gasteiger partial charge in [0.25, 0.3) is 0 Å². The molecule has 1 heterocycles. The van der Waals surface area contributed by atoms with Gasteiger partial charge in [-0.05, 0) is 6.54 Å². The number of anilines is 1. The van der Waals surface area contributed by atoms with Crippen molar-refractivity contribution in [1.29, 1.82) is 0 Å². The number of carbonyl (C=O) groups is 1. The number of aromatic nitrogens is 2. The van der Waals surface area contributed by atoms with E-state index in [1.54, 1.807) is 12.4 Å². The molecule has 1 aromatic heterocycles. The van der Waals surface area contributed by atoms with Crippen molar-refractivity contribution in [2.75, 3.05) is 18.4 Å². The van der Waals surface area contributed by atoms with Gasteiger partial charge in [0.15, 0.2) is 0 Å². The Kier molecular flexibility index (Phi) is 3.84. The number of amides is 1. The molecule has 0 aliphatic carbocycles. The van der Waals surface area contributed by atoms with Crippen molar-refractivity contribution in [3.05, 3.63) is 18.7 Å². The molecule has 0 fully saturated rings. The summed E-state index contributed by atoms with van der Waals surface area (Å²) in [7, 11) is 0. The monoisotopic (exact) mass is 180 g/mol. The van der Waals surface area contributed by atoms with Gasteiger partial charge in [-0.3, -0.25) is 4.79 Å². The first-order valence-corrected chi connectivity index (χ1v) is 4.08. The van der Waals surface area contributed by atoms with Gasteiger partial charge in [0.2, 0.25) is 5.91 Å². The van der Waals surface area contributed by atoms with Gasteiger partial charge >= 0.3 is 0 Å². The van der Waals surface area contributed by atoms with Crippen molar-refractivity contribution < 1.29 is 4.79 Å². The molecule has 0 saturated carbocycles. The average molecular weight is 180 g/mol. The van der Waals surface area contributed by atoms with E-state index in [9.17, 15) is 4.79 Å². The summed E-state index contributed by atoms with van der Waals surface area (Å²) >= 11 is 0. The smallest absolute Gasteiger partial charge is 0.238 e. The number of carbonyl (C=O) groups excluding carboxylic acids is 1. The van der Waals surface area contributed by atoms with E-state index in [0.29, 0.717) is 12.2 Å². The third-order valence-electron chi connectivity index (χ3n) is 1.38. The van der Waals surface area contributed by atoms with E-state index >= 15 is 0 Å². The molecule has 1 amide bonds. The molecule has 0 atom stereocenters. The van der Waals surface area contributed by atoms with Gasteiger partial charge in [-0.2, -0.15) is 0 Å². The maximum Gasteiger partial charge on any atom is 0.238 e. The molecular formula is C8H12N4O. The number of hydrogen-bond donors (Lipinski definition) is 2. The molecule has 13 heavy (non-hydrogen) atoms. The van der Waals surface area contributed by atoms with Gasteiger partial charge < -0.3 is 10.6 Å². The van der Waals surface area contributed by atoms with Gasteiger partial charge in [-0.1, -0.05) is 6.92 Å². The minimum Gasteiger partial charge on any atom is -0.322 e. The third kappa shape index (κ3) is 3.62. The van der Waals surface area contributed by atoms with Crippen LogP contribution in [0.25, 0.3) is 0 Å². The fourth-order valence-corrected chi connectivity index (χ4v) is 0.807. The predicted molar refractivity (Wildman–Crippen MR) is 49.2 cm³/mol. The Balaban J connectivity index is 2.37. The topological polar surface area (TPSA) is 66.9 Å². The molecule has 0 aliphatic rings. The summed E-state index contributed by atoms with van der Waals surface area (Å²) in [6, 6.07) is 0. The Morgan fingerprint density at radius 1 is 1.46 bits per heavy atom. The second kappa shape index (κ2) is 5.21. The zero-order valence-electron chi connectivity index (χ0n) is 7.45. The van der Waals surface area contributed by atoms with Gasteiger partial charge in [0.1, 0.15) is 6.33 Å². The third-order valence-corrected chi connectivity index (χ3v) is 1.38. The van der Waals surface area contributed by atoms with Crippen molar-refractivity contribution in [1.82, 2.24) is 15.3 Å². The molecule has 5 nitrogen and oxygen atoms in total. The van der Waals surface area contributed by atoms with E-state index in [4.69, 9.17) is 0 Å². The van der Waals surface area contributed by atoms with E-state index in [0.717, 1.165) is 6.54 Å². The van der Waals surface area contributed by atoms with Crippen LogP contribution in [0, 0.1) is 0 Å². The number of nitrogens with one attached hydrogen (secondary N) is 2. The maximum atomic E-state index is 11.1. The summed E-state index contributed by atoms with van der Waals surface area (Å²) in [5, 5.41) is 5.57. The Hall–Kier alpha value is -1.49. The van der Waals surface area contributed by atoms with Crippen LogP contribution in [-0.4, -0.2) is 29.0 Å². The molecule has 0 saturated heterocycles. The van der Waals surface area contributed by atoms with Crippen LogP contribution >= 0.6 is 0 Å². The number of hydrogen-bond acceptors (Lipinski definition) is 4. The number of nitrogens with zero attached hydrogens (tertiary/aromatic N) is 2. The summed E-state index contributed by atoms with van der Waals surface area (Å²) in [4.78, 5) is 18.7. The van der Waals surface area contributed by atoms with Crippen LogP contribution in [0.15, 0.2) is 18.7 Å². The molecule has 0 bridgehead atoms. The van der Waals surface area contributed by atoms with E-state index in [-0.39, 0.29) is 5.91 Å². The van der Waals surface area contributed by atoms with E-state index < -0.39 is 0 Å². The molecular weight excluding hydrogens is 168 g/mol. The number of likely N-dealkylation sites (N-methyl/N-ethyl adjacent to an activating group) is 1. The normalized spacial score (nSPS) is 9.62. The Labute approximate surface area is 76.6 Å². The van der Waals surface area contributed by atoms with Crippen LogP contribution in [0.2, 0.25) is 0 Å². The lowest BCUT2D eigenvalue weighted by Crippen LogP contribution is -2.27. The lowest BCUT2D eigenvalue weighted by Gasteiger charge is -2.03. The first-order chi connectivity index (χ1) is 6.33. The van der Waals surface area contributed by atoms with E-state index in [1.807, 2.05) is 6.92 Å². The molecule has 0 unspecified atom stereocenters. The van der Waals surface area contributed by atoms with Gasteiger partial charge in [-0.25, -0.2) is 9.97 Å². The molecule has 0 aromatic carbocycles. The van der Waals surface area contributed by atoms with Crippen LogP contribution in [0.3, 0.4) is 0 Å².